The number of hydrogen-bond acceptors (Lipinski definition) is 8. The van der Waals surface area contributed by atoms with E-state index in [1.807, 2.05) is 54.6 Å². The van der Waals surface area contributed by atoms with Crippen molar-refractivity contribution in [2.24, 2.45) is 0 Å². The van der Waals surface area contributed by atoms with E-state index in [2.05, 4.69) is 25.0 Å². The van der Waals surface area contributed by atoms with Crippen molar-refractivity contribution in [2.75, 3.05) is 33.3 Å². The van der Waals surface area contributed by atoms with Crippen LogP contribution in [0, 0.1) is 6.92 Å². The van der Waals surface area contributed by atoms with Crippen LogP contribution in [0.4, 0.5) is 0 Å². The summed E-state index contributed by atoms with van der Waals surface area (Å²) in [5.41, 5.74) is 5.37. The molecular weight excluding hydrogens is 546 g/mol. The summed E-state index contributed by atoms with van der Waals surface area (Å²) in [6.45, 7) is 3.52. The van der Waals surface area contributed by atoms with Gasteiger partial charge in [0, 0.05) is 43.5 Å². The maximum Gasteiger partial charge on any atom is 0.295 e. The number of hydrogen-bond donors (Lipinski definition) is 2. The van der Waals surface area contributed by atoms with Crippen molar-refractivity contribution >= 4 is 33.9 Å². The number of aryl methyl sites for hydroxylation is 1. The van der Waals surface area contributed by atoms with E-state index < -0.39 is 17.8 Å². The topological polar surface area (TPSA) is 129 Å². The van der Waals surface area contributed by atoms with Crippen LogP contribution in [0.15, 0.2) is 73.3 Å². The number of H-pyrrole nitrogens is 1. The average molecular weight is 576 g/mol. The van der Waals surface area contributed by atoms with Gasteiger partial charge in [0.15, 0.2) is 5.82 Å². The fourth-order valence-corrected chi connectivity index (χ4v) is 6.09. The minimum Gasteiger partial charge on any atom is -0.494 e. The molecule has 2 aromatic carbocycles. The molecule has 1 atom stereocenters. The maximum absolute atomic E-state index is 13.6. The number of Topliss-reactive ketones (excluding diaryl/α,β-unsaturated/α-hetero) is 1. The average Bonchev–Trinajstić information content (AvgIpc) is 3.76. The number of pyridine rings is 1. The van der Waals surface area contributed by atoms with Gasteiger partial charge in [-0.1, -0.05) is 54.6 Å². The Hall–Kier alpha value is -5.29. The first-order chi connectivity index (χ1) is 21.0. The second kappa shape index (κ2) is 10.5. The van der Waals surface area contributed by atoms with Crippen LogP contribution in [0.1, 0.15) is 39.0 Å². The molecule has 1 amide bonds. The van der Waals surface area contributed by atoms with Crippen LogP contribution in [0.3, 0.4) is 0 Å². The van der Waals surface area contributed by atoms with Crippen molar-refractivity contribution in [3.05, 3.63) is 101 Å². The van der Waals surface area contributed by atoms with Crippen LogP contribution in [-0.2, 0) is 4.79 Å². The molecule has 1 aliphatic carbocycles. The molecule has 5 aromatic rings. The van der Waals surface area contributed by atoms with Crippen molar-refractivity contribution in [2.45, 2.75) is 13.0 Å². The van der Waals surface area contributed by atoms with Gasteiger partial charge in [-0.05, 0) is 18.1 Å². The third-order valence-corrected chi connectivity index (χ3v) is 8.14. The Morgan fingerprint density at radius 2 is 1.74 bits per heavy atom. The van der Waals surface area contributed by atoms with E-state index in [1.165, 1.54) is 30.5 Å². The molecule has 1 unspecified atom stereocenters. The molecule has 1 aliphatic heterocycles. The van der Waals surface area contributed by atoms with E-state index >= 15 is 0 Å². The van der Waals surface area contributed by atoms with Crippen molar-refractivity contribution in [3.8, 4) is 11.6 Å². The summed E-state index contributed by atoms with van der Waals surface area (Å²) in [4.78, 5) is 42.7. The number of amides is 1. The number of carbonyl (C=O) groups is 2. The van der Waals surface area contributed by atoms with E-state index in [0.717, 1.165) is 28.0 Å². The van der Waals surface area contributed by atoms with Gasteiger partial charge in [0.2, 0.25) is 0 Å². The lowest BCUT2D eigenvalue weighted by Crippen LogP contribution is -2.49. The van der Waals surface area contributed by atoms with E-state index in [1.54, 1.807) is 11.8 Å². The fourth-order valence-electron chi connectivity index (χ4n) is 6.09. The molecule has 0 saturated carbocycles. The molecule has 3 aromatic heterocycles. The van der Waals surface area contributed by atoms with E-state index in [-0.39, 0.29) is 5.56 Å². The summed E-state index contributed by atoms with van der Waals surface area (Å²) in [5.74, 6) is 0.178. The summed E-state index contributed by atoms with van der Waals surface area (Å²) in [7, 11) is 1.49. The molecule has 4 heterocycles. The Morgan fingerprint density at radius 1 is 1.00 bits per heavy atom. The van der Waals surface area contributed by atoms with E-state index in [4.69, 9.17) is 4.74 Å². The Balaban J connectivity index is 1.16. The van der Waals surface area contributed by atoms with Gasteiger partial charge < -0.3 is 24.6 Å². The predicted molar refractivity (Wildman–Crippen MR) is 159 cm³/mol. The molecule has 2 aliphatic rings. The number of rotatable bonds is 6. The summed E-state index contributed by atoms with van der Waals surface area (Å²) < 4.78 is 7.03. The first-order valence-corrected chi connectivity index (χ1v) is 14.0. The van der Waals surface area contributed by atoms with Crippen LogP contribution >= 0.6 is 0 Å². The highest BCUT2D eigenvalue weighted by atomic mass is 16.5. The first-order valence-electron chi connectivity index (χ1n) is 14.0. The third kappa shape index (κ3) is 4.36. The standard InChI is InChI=1S/C32H29N7O4/c1-19-35-18-39(36-19)31-27-26(24(43-2)17-34-31)23(16-33-27)30(41)32(42)38-14-12-37(13-15-38)28-21-10-6-7-11-22(21)29(40)25(28)20-8-4-3-5-9-20/h3-11,16-18,29,33,40H,12-15H2,1-2H3. The van der Waals surface area contributed by atoms with Crippen LogP contribution in [0.5, 0.6) is 5.75 Å². The van der Waals surface area contributed by atoms with Gasteiger partial charge in [-0.25, -0.2) is 14.6 Å². The largest absolute Gasteiger partial charge is 0.494 e. The number of benzene rings is 2. The van der Waals surface area contributed by atoms with E-state index in [0.29, 0.717) is 54.5 Å². The van der Waals surface area contributed by atoms with E-state index in [9.17, 15) is 14.7 Å². The van der Waals surface area contributed by atoms with Crippen LogP contribution in [0.25, 0.3) is 28.0 Å². The summed E-state index contributed by atoms with van der Waals surface area (Å²) in [6, 6.07) is 17.8. The molecule has 1 saturated heterocycles. The molecule has 1 fully saturated rings. The number of piperazine rings is 1. The van der Waals surface area contributed by atoms with Gasteiger partial charge in [-0.3, -0.25) is 9.59 Å². The van der Waals surface area contributed by atoms with Gasteiger partial charge in [-0.15, -0.1) is 0 Å². The number of nitrogens with one attached hydrogen (secondary N) is 1. The zero-order valence-electron chi connectivity index (χ0n) is 23.7. The SMILES string of the molecule is COc1cnc(-n2cnc(C)n2)c2[nH]cc(C(=O)C(=O)N3CCN(C4=C(c5ccccc5)C(O)c5ccccc54)CC3)c12. The molecule has 0 bridgehead atoms. The zero-order valence-corrected chi connectivity index (χ0v) is 23.7. The number of aliphatic hydroxyl groups excluding tert-OH is 1. The van der Waals surface area contributed by atoms with Crippen molar-refractivity contribution in [3.63, 3.8) is 0 Å². The second-order valence-electron chi connectivity index (χ2n) is 10.6. The minimum absolute atomic E-state index is 0.210. The Bertz CT molecular complexity index is 1900. The second-order valence-corrected chi connectivity index (χ2v) is 10.6. The predicted octanol–water partition coefficient (Wildman–Crippen LogP) is 3.40. The lowest BCUT2D eigenvalue weighted by Gasteiger charge is -2.37. The number of ether oxygens (including phenoxy) is 1. The number of aromatic amines is 1. The van der Waals surface area contributed by atoms with Crippen molar-refractivity contribution in [1.82, 2.24) is 34.5 Å². The maximum atomic E-state index is 13.6. The van der Waals surface area contributed by atoms with Gasteiger partial charge in [-0.2, -0.15) is 5.10 Å². The highest BCUT2D eigenvalue weighted by Crippen LogP contribution is 2.47. The Labute approximate surface area is 247 Å². The number of methoxy groups -OCH3 is 1. The number of fused-ring (bicyclic) bond motifs is 2. The number of aromatic nitrogens is 5. The fraction of sp³-hybridized carbons (Fsp3) is 0.219. The minimum atomic E-state index is -0.743. The number of nitrogens with zero attached hydrogens (tertiary/aromatic N) is 6. The quantitative estimate of drug-likeness (QED) is 0.233. The highest BCUT2D eigenvalue weighted by Gasteiger charge is 2.36. The normalized spacial score (nSPS) is 16.6. The zero-order chi connectivity index (χ0) is 29.7. The number of aliphatic hydroxyl groups is 1. The van der Waals surface area contributed by atoms with Gasteiger partial charge in [0.25, 0.3) is 11.7 Å². The van der Waals surface area contributed by atoms with Gasteiger partial charge >= 0.3 is 0 Å². The molecule has 11 heteroatoms. The first kappa shape index (κ1) is 26.6. The molecular formula is C32H29N7O4. The van der Waals surface area contributed by atoms with Gasteiger partial charge in [0.05, 0.1) is 35.5 Å². The molecule has 7 rings (SSSR count). The molecule has 0 radical (unpaired) electrons. The summed E-state index contributed by atoms with van der Waals surface area (Å²) in [5, 5.41) is 16.1. The summed E-state index contributed by atoms with van der Waals surface area (Å²) in [6.07, 6.45) is 3.82. The van der Waals surface area contributed by atoms with Gasteiger partial charge in [0.1, 0.15) is 24.0 Å². The number of carbonyl (C=O) groups excluding carboxylic acids is 2. The highest BCUT2D eigenvalue weighted by molar-refractivity contribution is 6.45. The Kier molecular flexibility index (Phi) is 6.51. The van der Waals surface area contributed by atoms with Crippen LogP contribution in [0.2, 0.25) is 0 Å². The molecule has 11 nitrogen and oxygen atoms in total. The van der Waals surface area contributed by atoms with Crippen LogP contribution < -0.4 is 4.74 Å². The lowest BCUT2D eigenvalue weighted by atomic mass is 10.00. The molecule has 43 heavy (non-hydrogen) atoms. The monoisotopic (exact) mass is 575 g/mol. The van der Waals surface area contributed by atoms with Crippen LogP contribution in [-0.4, -0.2) is 84.6 Å². The summed E-state index contributed by atoms with van der Waals surface area (Å²) >= 11 is 0. The molecule has 2 N–H and O–H groups in total. The smallest absolute Gasteiger partial charge is 0.295 e. The number of ketones is 1. The third-order valence-electron chi connectivity index (χ3n) is 8.14. The van der Waals surface area contributed by atoms with Crippen molar-refractivity contribution < 1.29 is 19.4 Å². The Morgan fingerprint density at radius 3 is 2.47 bits per heavy atom. The lowest BCUT2D eigenvalue weighted by molar-refractivity contribution is -0.127. The van der Waals surface area contributed by atoms with Crippen molar-refractivity contribution in [1.29, 1.82) is 0 Å². The molecule has 216 valence electrons. The molecule has 0 spiro atoms.